The van der Waals surface area contributed by atoms with Crippen LogP contribution in [-0.2, 0) is 6.18 Å². The van der Waals surface area contributed by atoms with Crippen molar-refractivity contribution in [3.63, 3.8) is 0 Å². The Kier molecular flexibility index (Phi) is 5.25. The zero-order chi connectivity index (χ0) is 16.4. The molecule has 0 saturated carbocycles. The number of nitrogens with zero attached hydrogens (tertiary/aromatic N) is 1. The summed E-state index contributed by atoms with van der Waals surface area (Å²) >= 11 is 0. The van der Waals surface area contributed by atoms with Gasteiger partial charge in [0.05, 0.1) is 5.56 Å². The van der Waals surface area contributed by atoms with E-state index in [4.69, 9.17) is 11.1 Å². The number of rotatable bonds is 5. The van der Waals surface area contributed by atoms with E-state index in [1.807, 2.05) is 18.9 Å². The summed E-state index contributed by atoms with van der Waals surface area (Å²) < 4.78 is 38.7. The SMILES string of the molecule is CC(C)CC(C)N(C)c1ccc(C(F)(F)F)c(C(=N)N)c1. The van der Waals surface area contributed by atoms with E-state index < -0.39 is 17.6 Å². The summed E-state index contributed by atoms with van der Waals surface area (Å²) in [6.07, 6.45) is -3.59. The Labute approximate surface area is 123 Å². The van der Waals surface area contributed by atoms with Gasteiger partial charge in [0.2, 0.25) is 0 Å². The molecule has 1 rings (SSSR count). The molecule has 0 saturated heterocycles. The van der Waals surface area contributed by atoms with Crippen molar-refractivity contribution in [3.8, 4) is 0 Å². The normalized spacial score (nSPS) is 13.3. The number of benzene rings is 1. The smallest absolute Gasteiger partial charge is 0.384 e. The van der Waals surface area contributed by atoms with Crippen molar-refractivity contribution in [2.45, 2.75) is 39.4 Å². The summed E-state index contributed by atoms with van der Waals surface area (Å²) in [7, 11) is 1.83. The summed E-state index contributed by atoms with van der Waals surface area (Å²) in [6.45, 7) is 6.21. The van der Waals surface area contributed by atoms with Gasteiger partial charge >= 0.3 is 6.18 Å². The van der Waals surface area contributed by atoms with E-state index in [9.17, 15) is 13.2 Å². The lowest BCUT2D eigenvalue weighted by molar-refractivity contribution is -0.137. The highest BCUT2D eigenvalue weighted by Crippen LogP contribution is 2.34. The number of nitrogen functional groups attached to an aromatic ring is 1. The van der Waals surface area contributed by atoms with Crippen LogP contribution in [0, 0.1) is 11.3 Å². The van der Waals surface area contributed by atoms with Gasteiger partial charge in [-0.3, -0.25) is 5.41 Å². The number of halogens is 3. The van der Waals surface area contributed by atoms with E-state index >= 15 is 0 Å². The van der Waals surface area contributed by atoms with E-state index in [2.05, 4.69) is 13.8 Å². The second kappa shape index (κ2) is 6.37. The predicted molar refractivity (Wildman–Crippen MR) is 79.8 cm³/mol. The second-order valence-electron chi connectivity index (χ2n) is 5.73. The maximum absolute atomic E-state index is 12.9. The average molecular weight is 301 g/mol. The highest BCUT2D eigenvalue weighted by Gasteiger charge is 2.34. The number of amidine groups is 1. The fraction of sp³-hybridized carbons (Fsp3) is 0.533. The van der Waals surface area contributed by atoms with Crippen molar-refractivity contribution in [2.75, 3.05) is 11.9 Å². The van der Waals surface area contributed by atoms with Crippen LogP contribution in [0.1, 0.15) is 38.3 Å². The molecule has 0 amide bonds. The third kappa shape index (κ3) is 4.37. The Morgan fingerprint density at radius 3 is 2.29 bits per heavy atom. The first kappa shape index (κ1) is 17.3. The Morgan fingerprint density at radius 2 is 1.86 bits per heavy atom. The Morgan fingerprint density at radius 1 is 1.29 bits per heavy atom. The van der Waals surface area contributed by atoms with Crippen LogP contribution in [0.4, 0.5) is 18.9 Å². The van der Waals surface area contributed by atoms with E-state index in [1.165, 1.54) is 12.1 Å². The zero-order valence-electron chi connectivity index (χ0n) is 12.8. The molecule has 0 bridgehead atoms. The minimum absolute atomic E-state index is 0.182. The number of nitrogens with one attached hydrogen (secondary N) is 1. The van der Waals surface area contributed by atoms with Crippen molar-refractivity contribution in [1.29, 1.82) is 5.41 Å². The van der Waals surface area contributed by atoms with E-state index in [0.717, 1.165) is 12.5 Å². The monoisotopic (exact) mass is 301 g/mol. The predicted octanol–water partition coefficient (Wildman–Crippen LogP) is 3.86. The third-order valence-corrected chi connectivity index (χ3v) is 3.48. The van der Waals surface area contributed by atoms with Crippen LogP contribution < -0.4 is 10.6 Å². The van der Waals surface area contributed by atoms with Crippen molar-refractivity contribution < 1.29 is 13.2 Å². The molecule has 0 spiro atoms. The first-order valence-corrected chi connectivity index (χ1v) is 6.82. The molecule has 0 fully saturated rings. The van der Waals surface area contributed by atoms with Gasteiger partial charge in [0, 0.05) is 24.3 Å². The summed E-state index contributed by atoms with van der Waals surface area (Å²) in [4.78, 5) is 1.91. The number of alkyl halides is 3. The number of hydrogen-bond acceptors (Lipinski definition) is 2. The minimum Gasteiger partial charge on any atom is -0.384 e. The lowest BCUT2D eigenvalue weighted by Crippen LogP contribution is -2.30. The van der Waals surface area contributed by atoms with E-state index in [0.29, 0.717) is 11.6 Å². The molecule has 3 nitrogen and oxygen atoms in total. The van der Waals surface area contributed by atoms with Crippen LogP contribution >= 0.6 is 0 Å². The van der Waals surface area contributed by atoms with Crippen LogP contribution in [0.15, 0.2) is 18.2 Å². The molecule has 0 aliphatic carbocycles. The van der Waals surface area contributed by atoms with Gasteiger partial charge in [-0.05, 0) is 37.5 Å². The largest absolute Gasteiger partial charge is 0.417 e. The maximum Gasteiger partial charge on any atom is 0.417 e. The zero-order valence-corrected chi connectivity index (χ0v) is 12.8. The van der Waals surface area contributed by atoms with Crippen LogP contribution in [0.3, 0.4) is 0 Å². The maximum atomic E-state index is 12.9. The second-order valence-corrected chi connectivity index (χ2v) is 5.73. The fourth-order valence-corrected chi connectivity index (χ4v) is 2.32. The fourth-order valence-electron chi connectivity index (χ4n) is 2.32. The van der Waals surface area contributed by atoms with Gasteiger partial charge in [-0.25, -0.2) is 0 Å². The topological polar surface area (TPSA) is 53.1 Å². The Bertz CT molecular complexity index is 509. The molecule has 6 heteroatoms. The summed E-state index contributed by atoms with van der Waals surface area (Å²) in [6, 6.07) is 3.93. The summed E-state index contributed by atoms with van der Waals surface area (Å²) in [5, 5.41) is 7.37. The highest BCUT2D eigenvalue weighted by molar-refractivity contribution is 5.97. The molecular weight excluding hydrogens is 279 g/mol. The number of nitrogens with two attached hydrogens (primary N) is 1. The molecule has 3 N–H and O–H groups in total. The molecule has 1 atom stereocenters. The van der Waals surface area contributed by atoms with Crippen molar-refractivity contribution in [2.24, 2.45) is 11.7 Å². The van der Waals surface area contributed by atoms with Crippen molar-refractivity contribution >= 4 is 11.5 Å². The van der Waals surface area contributed by atoms with E-state index in [-0.39, 0.29) is 11.6 Å². The van der Waals surface area contributed by atoms with Gasteiger partial charge in [-0.15, -0.1) is 0 Å². The molecule has 1 aromatic carbocycles. The molecule has 0 aliphatic heterocycles. The van der Waals surface area contributed by atoms with Gasteiger partial charge in [-0.1, -0.05) is 13.8 Å². The molecule has 1 aromatic rings. The van der Waals surface area contributed by atoms with Crippen LogP contribution in [0.25, 0.3) is 0 Å². The number of anilines is 1. The van der Waals surface area contributed by atoms with Crippen LogP contribution in [-0.4, -0.2) is 18.9 Å². The van der Waals surface area contributed by atoms with Crippen molar-refractivity contribution in [1.82, 2.24) is 0 Å². The van der Waals surface area contributed by atoms with Crippen LogP contribution in [0.5, 0.6) is 0 Å². The summed E-state index contributed by atoms with van der Waals surface area (Å²) in [5.74, 6) is -0.0849. The molecule has 0 radical (unpaired) electrons. The first-order valence-electron chi connectivity index (χ1n) is 6.82. The standard InChI is InChI=1S/C15H22F3N3/c1-9(2)7-10(3)21(4)11-5-6-13(15(16,17)18)12(8-11)14(19)20/h5-6,8-10H,7H2,1-4H3,(H3,19,20). The van der Waals surface area contributed by atoms with Gasteiger partial charge in [0.25, 0.3) is 0 Å². The molecular formula is C15H22F3N3. The Hall–Kier alpha value is -1.72. The van der Waals surface area contributed by atoms with Gasteiger partial charge in [-0.2, -0.15) is 13.2 Å². The highest BCUT2D eigenvalue weighted by atomic mass is 19.4. The molecule has 0 aromatic heterocycles. The Balaban J connectivity index is 3.17. The third-order valence-electron chi connectivity index (χ3n) is 3.48. The molecule has 118 valence electrons. The molecule has 1 unspecified atom stereocenters. The minimum atomic E-state index is -4.51. The van der Waals surface area contributed by atoms with E-state index in [1.54, 1.807) is 0 Å². The van der Waals surface area contributed by atoms with Gasteiger partial charge in [0.15, 0.2) is 0 Å². The average Bonchev–Trinajstić information content (AvgIpc) is 2.35. The van der Waals surface area contributed by atoms with Gasteiger partial charge < -0.3 is 10.6 Å². The van der Waals surface area contributed by atoms with Crippen molar-refractivity contribution in [3.05, 3.63) is 29.3 Å². The lowest BCUT2D eigenvalue weighted by atomic mass is 10.0. The first-order chi connectivity index (χ1) is 9.54. The summed E-state index contributed by atoms with van der Waals surface area (Å²) in [5.41, 5.74) is 4.78. The quantitative estimate of drug-likeness (QED) is 0.641. The molecule has 0 aliphatic rings. The number of hydrogen-bond donors (Lipinski definition) is 2. The van der Waals surface area contributed by atoms with Gasteiger partial charge in [0.1, 0.15) is 5.84 Å². The lowest BCUT2D eigenvalue weighted by Gasteiger charge is -2.29. The molecule has 0 heterocycles. The molecule has 21 heavy (non-hydrogen) atoms. The van der Waals surface area contributed by atoms with Crippen LogP contribution in [0.2, 0.25) is 0 Å².